The van der Waals surface area contributed by atoms with Crippen molar-refractivity contribution in [2.75, 3.05) is 17.2 Å². The first-order chi connectivity index (χ1) is 13.0. The Labute approximate surface area is 156 Å². The Morgan fingerprint density at radius 2 is 1.93 bits per heavy atom. The zero-order valence-corrected chi connectivity index (χ0v) is 14.8. The van der Waals surface area contributed by atoms with E-state index in [0.717, 1.165) is 27.7 Å². The van der Waals surface area contributed by atoms with E-state index in [1.807, 2.05) is 43.3 Å². The summed E-state index contributed by atoms with van der Waals surface area (Å²) < 4.78 is 0. The molecule has 0 spiro atoms. The van der Waals surface area contributed by atoms with Crippen molar-refractivity contribution in [3.8, 4) is 0 Å². The molecule has 0 aliphatic heterocycles. The highest BCUT2D eigenvalue weighted by atomic mass is 16.4. The summed E-state index contributed by atoms with van der Waals surface area (Å²) in [7, 11) is 0. The molecule has 0 fully saturated rings. The number of hydrogen-bond donors (Lipinski definition) is 4. The van der Waals surface area contributed by atoms with Crippen molar-refractivity contribution in [2.24, 2.45) is 0 Å². The van der Waals surface area contributed by atoms with E-state index in [-0.39, 0.29) is 12.5 Å². The van der Waals surface area contributed by atoms with Crippen LogP contribution in [0.5, 0.6) is 0 Å². The molecule has 2 amide bonds. The van der Waals surface area contributed by atoms with Gasteiger partial charge in [0.2, 0.25) is 0 Å². The average molecular weight is 364 g/mol. The largest absolute Gasteiger partial charge is 0.481 e. The number of fused-ring (bicyclic) bond motifs is 1. The molecule has 0 bridgehead atoms. The molecule has 1 aromatic heterocycles. The van der Waals surface area contributed by atoms with Crippen LogP contribution in [0.4, 0.5) is 22.0 Å². The summed E-state index contributed by atoms with van der Waals surface area (Å²) in [5, 5.41) is 19.4. The lowest BCUT2D eigenvalue weighted by atomic mass is 10.1. The monoisotopic (exact) mass is 364 g/mol. The third-order valence-corrected chi connectivity index (χ3v) is 3.91. The zero-order valence-electron chi connectivity index (χ0n) is 14.8. The molecule has 7 heteroatoms. The number of aromatic nitrogens is 1. The van der Waals surface area contributed by atoms with Gasteiger partial charge in [0.05, 0.1) is 6.42 Å². The first-order valence-electron chi connectivity index (χ1n) is 8.56. The molecule has 7 nitrogen and oxygen atoms in total. The Morgan fingerprint density at radius 3 is 2.70 bits per heavy atom. The molecule has 138 valence electrons. The van der Waals surface area contributed by atoms with E-state index in [0.29, 0.717) is 12.4 Å². The van der Waals surface area contributed by atoms with E-state index in [4.69, 9.17) is 5.11 Å². The Kier molecular flexibility index (Phi) is 5.51. The number of urea groups is 1. The van der Waals surface area contributed by atoms with Gasteiger partial charge in [-0.05, 0) is 42.1 Å². The fraction of sp³-hybridized carbons (Fsp3) is 0.150. The SMILES string of the molecule is CCNC(=O)Nc1cc2cccc(Nc3cccc(CC(=O)O)c3)c2cn1. The molecule has 0 atom stereocenters. The number of carbonyl (C=O) groups excluding carboxylic acids is 1. The number of nitrogens with zero attached hydrogens (tertiary/aromatic N) is 1. The van der Waals surface area contributed by atoms with Gasteiger partial charge < -0.3 is 15.7 Å². The standard InChI is InChI=1S/C20H20N4O3/c1-2-21-20(27)24-18-11-14-6-4-8-17(16(14)12-22-18)23-15-7-3-5-13(9-15)10-19(25)26/h3-9,11-12,23H,2,10H2,1H3,(H,25,26)(H2,21,22,24,27). The fourth-order valence-electron chi connectivity index (χ4n) is 2.76. The Hall–Kier alpha value is -3.61. The maximum Gasteiger partial charge on any atom is 0.320 e. The highest BCUT2D eigenvalue weighted by Crippen LogP contribution is 2.27. The van der Waals surface area contributed by atoms with Gasteiger partial charge in [0, 0.05) is 29.5 Å². The second-order valence-corrected chi connectivity index (χ2v) is 5.98. The van der Waals surface area contributed by atoms with Crippen molar-refractivity contribution >= 4 is 40.0 Å². The van der Waals surface area contributed by atoms with Gasteiger partial charge in [-0.25, -0.2) is 9.78 Å². The molecule has 3 aromatic rings. The summed E-state index contributed by atoms with van der Waals surface area (Å²) in [5.41, 5.74) is 2.36. The number of pyridine rings is 1. The normalized spacial score (nSPS) is 10.4. The van der Waals surface area contributed by atoms with Gasteiger partial charge in [-0.1, -0.05) is 24.3 Å². The third kappa shape index (κ3) is 4.72. The van der Waals surface area contributed by atoms with Gasteiger partial charge in [0.25, 0.3) is 0 Å². The molecule has 0 unspecified atom stereocenters. The Bertz CT molecular complexity index is 988. The van der Waals surface area contributed by atoms with Gasteiger partial charge >= 0.3 is 12.0 Å². The number of aliphatic carboxylic acids is 1. The number of anilines is 3. The second-order valence-electron chi connectivity index (χ2n) is 5.98. The summed E-state index contributed by atoms with van der Waals surface area (Å²) in [4.78, 5) is 26.8. The lowest BCUT2D eigenvalue weighted by Crippen LogP contribution is -2.28. The first kappa shape index (κ1) is 18.2. The van der Waals surface area contributed by atoms with E-state index in [1.54, 1.807) is 18.3 Å². The molecule has 4 N–H and O–H groups in total. The molecule has 1 heterocycles. The van der Waals surface area contributed by atoms with Crippen molar-refractivity contribution in [3.05, 3.63) is 60.3 Å². The number of hydrogen-bond acceptors (Lipinski definition) is 4. The summed E-state index contributed by atoms with van der Waals surface area (Å²) in [6.45, 7) is 2.38. The Balaban J connectivity index is 1.85. The predicted octanol–water partition coefficient (Wildman–Crippen LogP) is 3.75. The molecule has 0 saturated heterocycles. The van der Waals surface area contributed by atoms with Crippen LogP contribution in [-0.2, 0) is 11.2 Å². The summed E-state index contributed by atoms with van der Waals surface area (Å²) >= 11 is 0. The minimum absolute atomic E-state index is 0.0263. The van der Waals surface area contributed by atoms with Crippen molar-refractivity contribution < 1.29 is 14.7 Å². The van der Waals surface area contributed by atoms with Crippen LogP contribution in [0, 0.1) is 0 Å². The Morgan fingerprint density at radius 1 is 1.11 bits per heavy atom. The third-order valence-electron chi connectivity index (χ3n) is 3.91. The minimum Gasteiger partial charge on any atom is -0.481 e. The predicted molar refractivity (Wildman–Crippen MR) is 106 cm³/mol. The molecular formula is C20H20N4O3. The topological polar surface area (TPSA) is 103 Å². The van der Waals surface area contributed by atoms with Crippen LogP contribution in [-0.4, -0.2) is 28.6 Å². The number of amides is 2. The molecule has 0 aliphatic carbocycles. The quantitative estimate of drug-likeness (QED) is 0.533. The van der Waals surface area contributed by atoms with Gasteiger partial charge in [0.1, 0.15) is 5.82 Å². The molecule has 0 radical (unpaired) electrons. The molecule has 3 rings (SSSR count). The van der Waals surface area contributed by atoms with Crippen LogP contribution in [0.25, 0.3) is 10.8 Å². The maximum atomic E-state index is 11.6. The van der Waals surface area contributed by atoms with Crippen molar-refractivity contribution in [1.82, 2.24) is 10.3 Å². The molecular weight excluding hydrogens is 344 g/mol. The van der Waals surface area contributed by atoms with Crippen molar-refractivity contribution in [2.45, 2.75) is 13.3 Å². The van der Waals surface area contributed by atoms with E-state index in [1.165, 1.54) is 0 Å². The highest BCUT2D eigenvalue weighted by Gasteiger charge is 2.07. The average Bonchev–Trinajstić information content (AvgIpc) is 2.62. The van der Waals surface area contributed by atoms with E-state index in [9.17, 15) is 9.59 Å². The second kappa shape index (κ2) is 8.18. The number of benzene rings is 2. The van der Waals surface area contributed by atoms with Crippen molar-refractivity contribution in [1.29, 1.82) is 0 Å². The molecule has 27 heavy (non-hydrogen) atoms. The van der Waals surface area contributed by atoms with E-state index < -0.39 is 5.97 Å². The van der Waals surface area contributed by atoms with E-state index in [2.05, 4.69) is 20.9 Å². The number of carbonyl (C=O) groups is 2. The fourth-order valence-corrected chi connectivity index (χ4v) is 2.76. The van der Waals surface area contributed by atoms with Crippen LogP contribution in [0.2, 0.25) is 0 Å². The maximum absolute atomic E-state index is 11.6. The molecule has 2 aromatic carbocycles. The zero-order chi connectivity index (χ0) is 19.2. The van der Waals surface area contributed by atoms with Gasteiger partial charge in [-0.2, -0.15) is 0 Å². The van der Waals surface area contributed by atoms with Crippen LogP contribution >= 0.6 is 0 Å². The lowest BCUT2D eigenvalue weighted by molar-refractivity contribution is -0.136. The first-order valence-corrected chi connectivity index (χ1v) is 8.56. The van der Waals surface area contributed by atoms with Gasteiger partial charge in [-0.15, -0.1) is 0 Å². The number of carboxylic acid groups (broad SMARTS) is 1. The summed E-state index contributed by atoms with van der Waals surface area (Å²) in [6, 6.07) is 14.6. The number of rotatable bonds is 6. The van der Waals surface area contributed by atoms with Crippen LogP contribution < -0.4 is 16.0 Å². The van der Waals surface area contributed by atoms with Crippen molar-refractivity contribution in [3.63, 3.8) is 0 Å². The number of carboxylic acids is 1. The van der Waals surface area contributed by atoms with Gasteiger partial charge in [0.15, 0.2) is 0 Å². The smallest absolute Gasteiger partial charge is 0.320 e. The molecule has 0 saturated carbocycles. The van der Waals surface area contributed by atoms with Crippen LogP contribution in [0.3, 0.4) is 0 Å². The van der Waals surface area contributed by atoms with Crippen LogP contribution in [0.1, 0.15) is 12.5 Å². The summed E-state index contributed by atoms with van der Waals surface area (Å²) in [6.07, 6.45) is 1.67. The highest BCUT2D eigenvalue weighted by molar-refractivity contribution is 5.97. The molecule has 0 aliphatic rings. The van der Waals surface area contributed by atoms with Crippen LogP contribution in [0.15, 0.2) is 54.7 Å². The summed E-state index contributed by atoms with van der Waals surface area (Å²) in [5.74, 6) is -0.400. The lowest BCUT2D eigenvalue weighted by Gasteiger charge is -2.12. The number of nitrogens with one attached hydrogen (secondary N) is 3. The van der Waals surface area contributed by atoms with Gasteiger partial charge in [-0.3, -0.25) is 10.1 Å². The van der Waals surface area contributed by atoms with E-state index >= 15 is 0 Å². The minimum atomic E-state index is -0.867.